The number of rotatable bonds is 7. The number of hydrogen-bond acceptors (Lipinski definition) is 5. The van der Waals surface area contributed by atoms with Gasteiger partial charge in [0.2, 0.25) is 5.91 Å². The van der Waals surface area contributed by atoms with Gasteiger partial charge in [-0.1, -0.05) is 12.1 Å². The first-order valence-corrected chi connectivity index (χ1v) is 10.6. The lowest BCUT2D eigenvalue weighted by atomic mass is 10.2. The van der Waals surface area contributed by atoms with Crippen LogP contribution in [0.2, 0.25) is 0 Å². The number of benzene rings is 2. The van der Waals surface area contributed by atoms with Gasteiger partial charge in [0.05, 0.1) is 11.4 Å². The monoisotopic (exact) mass is 415 g/mol. The largest absolute Gasteiger partial charge is 0.325 e. The summed E-state index contributed by atoms with van der Waals surface area (Å²) in [7, 11) is 0. The van der Waals surface area contributed by atoms with Crippen molar-refractivity contribution in [3.05, 3.63) is 71.0 Å². The fraction of sp³-hybridized carbons (Fsp3) is 0.150. The van der Waals surface area contributed by atoms with Crippen molar-refractivity contribution in [1.82, 2.24) is 4.98 Å². The third kappa shape index (κ3) is 5.40. The average Bonchev–Trinajstić information content (AvgIpc) is 3.14. The number of halogens is 1. The number of thiazole rings is 1. The van der Waals surface area contributed by atoms with E-state index in [-0.39, 0.29) is 18.2 Å². The fourth-order valence-electron chi connectivity index (χ4n) is 2.45. The van der Waals surface area contributed by atoms with Crippen molar-refractivity contribution in [2.45, 2.75) is 17.7 Å². The normalized spacial score (nSPS) is 10.5. The molecule has 0 bridgehead atoms. The standard InChI is InChI=1S/C20H18FN3O2S2/c1-27-17-5-3-2-4-16(17)23-18(25)11-10-15-12-28-20(22-15)24-19(26)13-6-8-14(21)9-7-13/h2-9,12H,10-11H2,1H3,(H,23,25)(H,22,24,26). The van der Waals surface area contributed by atoms with Gasteiger partial charge in [-0.2, -0.15) is 0 Å². The highest BCUT2D eigenvalue weighted by molar-refractivity contribution is 7.98. The topological polar surface area (TPSA) is 71.1 Å². The molecule has 0 aliphatic carbocycles. The Balaban J connectivity index is 1.52. The lowest BCUT2D eigenvalue weighted by Gasteiger charge is -2.08. The number of nitrogens with zero attached hydrogens (tertiary/aromatic N) is 1. The first-order chi connectivity index (χ1) is 13.5. The number of hydrogen-bond donors (Lipinski definition) is 2. The molecule has 0 aliphatic heterocycles. The van der Waals surface area contributed by atoms with E-state index in [2.05, 4.69) is 15.6 Å². The summed E-state index contributed by atoms with van der Waals surface area (Å²) in [6.45, 7) is 0. The maximum atomic E-state index is 12.9. The zero-order valence-electron chi connectivity index (χ0n) is 15.1. The Hall–Kier alpha value is -2.71. The zero-order chi connectivity index (χ0) is 19.9. The Labute approximate surface area is 170 Å². The van der Waals surface area contributed by atoms with Gasteiger partial charge in [-0.25, -0.2) is 9.37 Å². The Morgan fingerprint density at radius 3 is 2.61 bits per heavy atom. The molecule has 5 nitrogen and oxygen atoms in total. The molecule has 2 N–H and O–H groups in total. The number of thioether (sulfide) groups is 1. The predicted octanol–water partition coefficient (Wildman–Crippen LogP) is 4.83. The number of carbonyl (C=O) groups is 2. The highest BCUT2D eigenvalue weighted by Crippen LogP contribution is 2.25. The molecule has 1 heterocycles. The number of anilines is 2. The van der Waals surface area contributed by atoms with Gasteiger partial charge in [-0.3, -0.25) is 14.9 Å². The van der Waals surface area contributed by atoms with Crippen LogP contribution in [0.5, 0.6) is 0 Å². The second-order valence-electron chi connectivity index (χ2n) is 5.85. The smallest absolute Gasteiger partial charge is 0.257 e. The molecular weight excluding hydrogens is 397 g/mol. The average molecular weight is 416 g/mol. The Bertz CT molecular complexity index is 974. The van der Waals surface area contributed by atoms with Crippen molar-refractivity contribution in [2.24, 2.45) is 0 Å². The molecule has 1 aromatic heterocycles. The molecule has 0 aliphatic rings. The molecule has 8 heteroatoms. The molecule has 28 heavy (non-hydrogen) atoms. The molecule has 0 radical (unpaired) electrons. The van der Waals surface area contributed by atoms with Crippen LogP contribution in [0.25, 0.3) is 0 Å². The maximum absolute atomic E-state index is 12.9. The summed E-state index contributed by atoms with van der Waals surface area (Å²) in [6, 6.07) is 12.9. The summed E-state index contributed by atoms with van der Waals surface area (Å²) in [5, 5.41) is 7.85. The van der Waals surface area contributed by atoms with E-state index in [9.17, 15) is 14.0 Å². The Morgan fingerprint density at radius 1 is 1.11 bits per heavy atom. The van der Waals surface area contributed by atoms with E-state index < -0.39 is 5.82 Å². The molecule has 2 aromatic carbocycles. The quantitative estimate of drug-likeness (QED) is 0.543. The maximum Gasteiger partial charge on any atom is 0.257 e. The Morgan fingerprint density at radius 2 is 1.86 bits per heavy atom. The van der Waals surface area contributed by atoms with Gasteiger partial charge in [-0.15, -0.1) is 23.1 Å². The van der Waals surface area contributed by atoms with Gasteiger partial charge in [0.15, 0.2) is 5.13 Å². The summed E-state index contributed by atoms with van der Waals surface area (Å²) in [5.41, 5.74) is 1.88. The van der Waals surface area contributed by atoms with Gasteiger partial charge in [0.25, 0.3) is 5.91 Å². The van der Waals surface area contributed by atoms with E-state index in [1.54, 1.807) is 11.8 Å². The minimum absolute atomic E-state index is 0.0913. The number of aromatic nitrogens is 1. The minimum Gasteiger partial charge on any atom is -0.325 e. The molecule has 144 valence electrons. The SMILES string of the molecule is CSc1ccccc1NC(=O)CCc1csc(NC(=O)c2ccc(F)cc2)n1. The van der Waals surface area contributed by atoms with E-state index in [4.69, 9.17) is 0 Å². The molecule has 0 fully saturated rings. The van der Waals surface area contributed by atoms with Crippen molar-refractivity contribution in [1.29, 1.82) is 0 Å². The van der Waals surface area contributed by atoms with Crippen molar-refractivity contribution in [3.8, 4) is 0 Å². The summed E-state index contributed by atoms with van der Waals surface area (Å²) < 4.78 is 12.9. The number of carbonyl (C=O) groups excluding carboxylic acids is 2. The van der Waals surface area contributed by atoms with Crippen LogP contribution in [-0.2, 0) is 11.2 Å². The van der Waals surface area contributed by atoms with Crippen LogP contribution >= 0.6 is 23.1 Å². The van der Waals surface area contributed by atoms with Gasteiger partial charge >= 0.3 is 0 Å². The number of amides is 2. The van der Waals surface area contributed by atoms with Crippen LogP contribution in [-0.4, -0.2) is 23.1 Å². The van der Waals surface area contributed by atoms with Gasteiger partial charge < -0.3 is 5.32 Å². The number of nitrogens with one attached hydrogen (secondary N) is 2. The molecule has 0 saturated heterocycles. The van der Waals surface area contributed by atoms with Crippen LogP contribution in [0.4, 0.5) is 15.2 Å². The van der Waals surface area contributed by atoms with E-state index in [1.807, 2.05) is 35.9 Å². The first-order valence-electron chi connectivity index (χ1n) is 8.49. The van der Waals surface area contributed by atoms with Crippen molar-refractivity contribution < 1.29 is 14.0 Å². The number of aryl methyl sites for hydroxylation is 1. The molecule has 0 spiro atoms. The second kappa shape index (κ2) is 9.48. The van der Waals surface area contributed by atoms with Gasteiger partial charge in [0, 0.05) is 22.3 Å². The fourth-order valence-corrected chi connectivity index (χ4v) is 3.75. The minimum atomic E-state index is -0.397. The van der Waals surface area contributed by atoms with Gasteiger partial charge in [-0.05, 0) is 49.1 Å². The summed E-state index contributed by atoms with van der Waals surface area (Å²) in [6.07, 6.45) is 2.72. The Kier molecular flexibility index (Phi) is 6.78. The van der Waals surface area contributed by atoms with Crippen LogP contribution in [0.1, 0.15) is 22.5 Å². The van der Waals surface area contributed by atoms with Crippen LogP contribution < -0.4 is 10.6 Å². The van der Waals surface area contributed by atoms with Gasteiger partial charge in [0.1, 0.15) is 5.82 Å². The molecule has 3 aromatic rings. The van der Waals surface area contributed by atoms with Crippen molar-refractivity contribution >= 4 is 45.7 Å². The van der Waals surface area contributed by atoms with E-state index >= 15 is 0 Å². The lowest BCUT2D eigenvalue weighted by Crippen LogP contribution is -2.13. The molecule has 0 saturated carbocycles. The van der Waals surface area contributed by atoms with Crippen LogP contribution in [0.3, 0.4) is 0 Å². The van der Waals surface area contributed by atoms with E-state index in [1.165, 1.54) is 35.6 Å². The summed E-state index contributed by atoms with van der Waals surface area (Å²) in [4.78, 5) is 29.7. The molecular formula is C20H18FN3O2S2. The number of para-hydroxylation sites is 1. The van der Waals surface area contributed by atoms with Crippen LogP contribution in [0.15, 0.2) is 58.8 Å². The highest BCUT2D eigenvalue weighted by atomic mass is 32.2. The molecule has 0 unspecified atom stereocenters. The third-order valence-corrected chi connectivity index (χ3v) is 5.47. The van der Waals surface area contributed by atoms with E-state index in [0.29, 0.717) is 17.1 Å². The van der Waals surface area contributed by atoms with E-state index in [0.717, 1.165) is 16.3 Å². The first kappa shape index (κ1) is 20.0. The summed E-state index contributed by atoms with van der Waals surface area (Å²) >= 11 is 2.86. The second-order valence-corrected chi connectivity index (χ2v) is 7.56. The highest BCUT2D eigenvalue weighted by Gasteiger charge is 2.11. The predicted molar refractivity (Wildman–Crippen MR) is 112 cm³/mol. The molecule has 3 rings (SSSR count). The molecule has 2 amide bonds. The van der Waals surface area contributed by atoms with Crippen molar-refractivity contribution in [3.63, 3.8) is 0 Å². The summed E-state index contributed by atoms with van der Waals surface area (Å²) in [5.74, 6) is -0.842. The zero-order valence-corrected chi connectivity index (χ0v) is 16.7. The third-order valence-electron chi connectivity index (χ3n) is 3.87. The molecule has 0 atom stereocenters. The lowest BCUT2D eigenvalue weighted by molar-refractivity contribution is -0.116. The van der Waals surface area contributed by atoms with Crippen LogP contribution in [0, 0.1) is 5.82 Å². The van der Waals surface area contributed by atoms with Crippen molar-refractivity contribution in [2.75, 3.05) is 16.9 Å².